The zero-order chi connectivity index (χ0) is 14.4. The molecule has 0 aliphatic heterocycles. The Morgan fingerprint density at radius 3 is 2.50 bits per heavy atom. The quantitative estimate of drug-likeness (QED) is 0.782. The summed E-state index contributed by atoms with van der Waals surface area (Å²) in [4.78, 5) is 0. The third kappa shape index (κ3) is 4.52. The minimum absolute atomic E-state index is 0.435. The first-order valence-corrected chi connectivity index (χ1v) is 7.62. The van der Waals surface area contributed by atoms with Crippen molar-refractivity contribution in [2.45, 2.75) is 32.4 Å². The van der Waals surface area contributed by atoms with Crippen LogP contribution in [0.1, 0.15) is 24.5 Å². The van der Waals surface area contributed by atoms with Gasteiger partial charge in [-0.25, -0.2) is 0 Å². The average Bonchev–Trinajstić information content (AvgIpc) is 2.48. The number of aryl methyl sites for hydroxylation is 1. The van der Waals surface area contributed by atoms with Crippen LogP contribution in [0.3, 0.4) is 0 Å². The molecule has 0 radical (unpaired) electrons. The van der Waals surface area contributed by atoms with Crippen LogP contribution in [0.5, 0.6) is 0 Å². The molecule has 0 aromatic heterocycles. The molecular weight excluding hydrogens is 289 g/mol. The lowest BCUT2D eigenvalue weighted by atomic mass is 10.1. The van der Waals surface area contributed by atoms with Gasteiger partial charge in [-0.3, -0.25) is 0 Å². The Balaban J connectivity index is 1.80. The predicted molar refractivity (Wildman–Crippen MR) is 87.5 cm³/mol. The molecule has 0 saturated heterocycles. The van der Waals surface area contributed by atoms with Crippen molar-refractivity contribution >= 4 is 23.2 Å². The van der Waals surface area contributed by atoms with E-state index in [4.69, 9.17) is 23.2 Å². The van der Waals surface area contributed by atoms with Crippen LogP contribution in [0.4, 0.5) is 0 Å². The van der Waals surface area contributed by atoms with Crippen LogP contribution in [0, 0.1) is 0 Å². The van der Waals surface area contributed by atoms with Gasteiger partial charge in [-0.1, -0.05) is 65.7 Å². The molecule has 2 aromatic carbocycles. The summed E-state index contributed by atoms with van der Waals surface area (Å²) in [5, 5.41) is 4.76. The van der Waals surface area contributed by atoms with Gasteiger partial charge < -0.3 is 5.32 Å². The molecule has 0 fully saturated rings. The van der Waals surface area contributed by atoms with E-state index in [0.29, 0.717) is 16.1 Å². The van der Waals surface area contributed by atoms with E-state index in [1.165, 1.54) is 5.56 Å². The summed E-state index contributed by atoms with van der Waals surface area (Å²) in [7, 11) is 0. The van der Waals surface area contributed by atoms with Crippen LogP contribution in [0.25, 0.3) is 0 Å². The van der Waals surface area contributed by atoms with Crippen LogP contribution in [0.15, 0.2) is 48.5 Å². The molecule has 20 heavy (non-hydrogen) atoms. The third-order valence-electron chi connectivity index (χ3n) is 3.38. The van der Waals surface area contributed by atoms with E-state index < -0.39 is 0 Å². The van der Waals surface area contributed by atoms with Gasteiger partial charge in [0.05, 0.1) is 10.0 Å². The molecule has 0 aliphatic rings. The van der Waals surface area contributed by atoms with E-state index in [1.54, 1.807) is 0 Å². The Kier molecular flexibility index (Phi) is 5.90. The van der Waals surface area contributed by atoms with Crippen LogP contribution in [0.2, 0.25) is 10.0 Å². The van der Waals surface area contributed by atoms with E-state index in [0.717, 1.165) is 24.9 Å². The second-order valence-electron chi connectivity index (χ2n) is 5.02. The summed E-state index contributed by atoms with van der Waals surface area (Å²) in [5.41, 5.74) is 2.42. The van der Waals surface area contributed by atoms with Crippen molar-refractivity contribution in [3.05, 3.63) is 69.7 Å². The topological polar surface area (TPSA) is 12.0 Å². The Morgan fingerprint density at radius 1 is 1.00 bits per heavy atom. The largest absolute Gasteiger partial charge is 0.310 e. The molecule has 0 spiro atoms. The lowest BCUT2D eigenvalue weighted by Crippen LogP contribution is -2.26. The van der Waals surface area contributed by atoms with E-state index in [1.807, 2.05) is 24.3 Å². The Labute approximate surface area is 130 Å². The third-order valence-corrected chi connectivity index (χ3v) is 4.24. The van der Waals surface area contributed by atoms with Crippen molar-refractivity contribution in [1.82, 2.24) is 5.32 Å². The second-order valence-corrected chi connectivity index (χ2v) is 5.80. The van der Waals surface area contributed by atoms with Crippen LogP contribution in [-0.4, -0.2) is 6.04 Å². The van der Waals surface area contributed by atoms with Crippen LogP contribution >= 0.6 is 23.2 Å². The summed E-state index contributed by atoms with van der Waals surface area (Å²) in [5.74, 6) is 0. The Hall–Kier alpha value is -1.02. The van der Waals surface area contributed by atoms with Gasteiger partial charge in [-0.15, -0.1) is 0 Å². The first kappa shape index (κ1) is 15.4. The second kappa shape index (κ2) is 7.68. The number of benzene rings is 2. The maximum absolute atomic E-state index is 6.18. The van der Waals surface area contributed by atoms with Crippen molar-refractivity contribution in [3.8, 4) is 0 Å². The molecule has 0 saturated carbocycles. The van der Waals surface area contributed by atoms with Crippen molar-refractivity contribution in [1.29, 1.82) is 0 Å². The van der Waals surface area contributed by atoms with E-state index in [-0.39, 0.29) is 0 Å². The SMILES string of the molecule is CC(CCc1ccccc1)NCc1cccc(Cl)c1Cl. The molecule has 2 rings (SSSR count). The fourth-order valence-electron chi connectivity index (χ4n) is 2.10. The van der Waals surface area contributed by atoms with Crippen molar-refractivity contribution in [2.75, 3.05) is 0 Å². The minimum Gasteiger partial charge on any atom is -0.310 e. The van der Waals surface area contributed by atoms with Crippen LogP contribution in [-0.2, 0) is 13.0 Å². The minimum atomic E-state index is 0.435. The molecule has 1 nitrogen and oxygen atoms in total. The normalized spacial score (nSPS) is 12.3. The van der Waals surface area contributed by atoms with E-state index >= 15 is 0 Å². The molecule has 0 aliphatic carbocycles. The van der Waals surface area contributed by atoms with Crippen molar-refractivity contribution in [2.24, 2.45) is 0 Å². The molecule has 0 heterocycles. The van der Waals surface area contributed by atoms with Crippen LogP contribution < -0.4 is 5.32 Å². The summed E-state index contributed by atoms with van der Waals surface area (Å²) < 4.78 is 0. The molecule has 0 amide bonds. The first-order chi connectivity index (χ1) is 9.66. The first-order valence-electron chi connectivity index (χ1n) is 6.87. The number of rotatable bonds is 6. The highest BCUT2D eigenvalue weighted by Gasteiger charge is 2.06. The summed E-state index contributed by atoms with van der Waals surface area (Å²) in [6.45, 7) is 2.94. The molecule has 3 heteroatoms. The maximum atomic E-state index is 6.18. The smallest absolute Gasteiger partial charge is 0.0637 e. The lowest BCUT2D eigenvalue weighted by molar-refractivity contribution is 0.514. The molecular formula is C17H19Cl2N. The van der Waals surface area contributed by atoms with Gasteiger partial charge in [0.1, 0.15) is 0 Å². The van der Waals surface area contributed by atoms with Gasteiger partial charge in [-0.2, -0.15) is 0 Å². The Bertz CT molecular complexity index is 540. The summed E-state index contributed by atoms with van der Waals surface area (Å²) >= 11 is 12.2. The molecule has 2 aromatic rings. The molecule has 1 atom stereocenters. The number of hydrogen-bond acceptors (Lipinski definition) is 1. The Morgan fingerprint density at radius 2 is 1.75 bits per heavy atom. The van der Waals surface area contributed by atoms with Gasteiger partial charge in [0, 0.05) is 12.6 Å². The summed E-state index contributed by atoms with van der Waals surface area (Å²) in [6.07, 6.45) is 2.18. The van der Waals surface area contributed by atoms with Gasteiger partial charge in [0.15, 0.2) is 0 Å². The molecule has 1 N–H and O–H groups in total. The van der Waals surface area contributed by atoms with E-state index in [9.17, 15) is 0 Å². The van der Waals surface area contributed by atoms with Gasteiger partial charge >= 0.3 is 0 Å². The highest BCUT2D eigenvalue weighted by atomic mass is 35.5. The van der Waals surface area contributed by atoms with Gasteiger partial charge in [-0.05, 0) is 37.0 Å². The fraction of sp³-hybridized carbons (Fsp3) is 0.294. The predicted octanol–water partition coefficient (Wildman–Crippen LogP) is 5.10. The lowest BCUT2D eigenvalue weighted by Gasteiger charge is -2.15. The van der Waals surface area contributed by atoms with Crippen molar-refractivity contribution < 1.29 is 0 Å². The zero-order valence-corrected chi connectivity index (χ0v) is 13.1. The molecule has 0 bridgehead atoms. The van der Waals surface area contributed by atoms with Gasteiger partial charge in [0.25, 0.3) is 0 Å². The van der Waals surface area contributed by atoms with Crippen molar-refractivity contribution in [3.63, 3.8) is 0 Å². The standard InChI is InChI=1S/C17H19Cl2N/c1-13(10-11-14-6-3-2-4-7-14)20-12-15-8-5-9-16(18)17(15)19/h2-9,13,20H,10-12H2,1H3. The van der Waals surface area contributed by atoms with Gasteiger partial charge in [0.2, 0.25) is 0 Å². The monoisotopic (exact) mass is 307 g/mol. The maximum Gasteiger partial charge on any atom is 0.0637 e. The average molecular weight is 308 g/mol. The number of nitrogens with one attached hydrogen (secondary N) is 1. The highest BCUT2D eigenvalue weighted by Crippen LogP contribution is 2.25. The number of hydrogen-bond donors (Lipinski definition) is 1. The van der Waals surface area contributed by atoms with E-state index in [2.05, 4.69) is 36.5 Å². The number of halogens is 2. The highest BCUT2D eigenvalue weighted by molar-refractivity contribution is 6.42. The summed E-state index contributed by atoms with van der Waals surface area (Å²) in [6, 6.07) is 16.7. The molecule has 106 valence electrons. The fourth-order valence-corrected chi connectivity index (χ4v) is 2.49. The zero-order valence-electron chi connectivity index (χ0n) is 11.6. The molecule has 1 unspecified atom stereocenters.